The molecule has 2 atom stereocenters. The molecular weight excluding hydrogens is 322 g/mol. The second-order valence-corrected chi connectivity index (χ2v) is 6.87. The third kappa shape index (κ3) is 4.61. The molecule has 26 heavy (non-hydrogen) atoms. The number of hydrogen-bond donors (Lipinski definition) is 1. The Balaban J connectivity index is 1.60. The summed E-state index contributed by atoms with van der Waals surface area (Å²) in [5, 5.41) is 12.9. The Hall–Kier alpha value is -2.39. The van der Waals surface area contributed by atoms with Gasteiger partial charge in [-0.2, -0.15) is 0 Å². The van der Waals surface area contributed by atoms with Gasteiger partial charge in [0.05, 0.1) is 13.2 Å². The van der Waals surface area contributed by atoms with Crippen LogP contribution >= 0.6 is 0 Å². The summed E-state index contributed by atoms with van der Waals surface area (Å²) in [7, 11) is 1.69. The fourth-order valence-corrected chi connectivity index (χ4v) is 3.49. The minimum absolute atomic E-state index is 0.299. The van der Waals surface area contributed by atoms with Gasteiger partial charge in [0.1, 0.15) is 5.75 Å². The van der Waals surface area contributed by atoms with E-state index < -0.39 is 0 Å². The number of ether oxygens (including phenoxy) is 1. The number of aliphatic hydroxyl groups excluding tert-OH is 1. The van der Waals surface area contributed by atoms with Crippen molar-refractivity contribution in [3.8, 4) is 5.75 Å². The predicted octanol–water partition coefficient (Wildman–Crippen LogP) is 5.12. The van der Waals surface area contributed by atoms with Gasteiger partial charge < -0.3 is 9.84 Å². The number of fused-ring (bicyclic) bond motifs is 1. The zero-order valence-corrected chi connectivity index (χ0v) is 15.6. The van der Waals surface area contributed by atoms with Crippen molar-refractivity contribution in [2.45, 2.75) is 44.6 Å². The van der Waals surface area contributed by atoms with Crippen LogP contribution in [0, 0.1) is 0 Å². The molecule has 0 aliphatic heterocycles. The van der Waals surface area contributed by atoms with Crippen LogP contribution < -0.4 is 4.74 Å². The quantitative estimate of drug-likeness (QED) is 0.614. The fourth-order valence-electron chi connectivity index (χ4n) is 3.49. The molecule has 3 rings (SSSR count). The minimum atomic E-state index is -0.299. The Morgan fingerprint density at radius 3 is 2.62 bits per heavy atom. The van der Waals surface area contributed by atoms with Crippen LogP contribution in [0.15, 0.2) is 60.9 Å². The molecule has 0 bridgehead atoms. The second-order valence-electron chi connectivity index (χ2n) is 6.87. The molecule has 0 radical (unpaired) electrons. The number of hydrogen-bond acceptors (Lipinski definition) is 3. The average molecular weight is 349 g/mol. The molecule has 3 nitrogen and oxygen atoms in total. The van der Waals surface area contributed by atoms with Gasteiger partial charge in [-0.3, -0.25) is 4.98 Å². The third-order valence-corrected chi connectivity index (χ3v) is 5.08. The van der Waals surface area contributed by atoms with Crippen molar-refractivity contribution < 1.29 is 9.84 Å². The maximum atomic E-state index is 10.5. The molecule has 0 saturated carbocycles. The van der Waals surface area contributed by atoms with E-state index in [0.717, 1.165) is 31.4 Å². The van der Waals surface area contributed by atoms with E-state index in [2.05, 4.69) is 42.2 Å². The number of benzene rings is 2. The van der Waals surface area contributed by atoms with Crippen molar-refractivity contribution in [1.82, 2.24) is 4.98 Å². The van der Waals surface area contributed by atoms with Gasteiger partial charge in [-0.15, -0.1) is 0 Å². The van der Waals surface area contributed by atoms with E-state index in [1.54, 1.807) is 13.3 Å². The fraction of sp³-hybridized carbons (Fsp3) is 0.348. The Morgan fingerprint density at radius 1 is 1.08 bits per heavy atom. The standard InChI is InChI=1S/C23H27NO2/c1-3-18(21-5-4-12-24-16-21)14-22(25)10-7-17-6-8-20-15-23(26-2)11-9-19(20)13-17/h4-6,8-9,11-13,15-16,18,22,25H,3,7,10,14H2,1-2H3. The Morgan fingerprint density at radius 2 is 1.88 bits per heavy atom. The molecule has 0 aliphatic rings. The highest BCUT2D eigenvalue weighted by Gasteiger charge is 2.15. The first-order valence-corrected chi connectivity index (χ1v) is 9.34. The van der Waals surface area contributed by atoms with Crippen LogP contribution in [0.1, 0.15) is 43.2 Å². The lowest BCUT2D eigenvalue weighted by molar-refractivity contribution is 0.144. The largest absolute Gasteiger partial charge is 0.497 e. The van der Waals surface area contributed by atoms with Crippen molar-refractivity contribution in [3.05, 3.63) is 72.1 Å². The van der Waals surface area contributed by atoms with Crippen molar-refractivity contribution in [2.75, 3.05) is 7.11 Å². The maximum Gasteiger partial charge on any atom is 0.119 e. The van der Waals surface area contributed by atoms with Crippen LogP contribution in [0.5, 0.6) is 5.75 Å². The molecule has 0 spiro atoms. The second kappa shape index (κ2) is 8.81. The van der Waals surface area contributed by atoms with Gasteiger partial charge in [-0.25, -0.2) is 0 Å². The molecule has 0 saturated heterocycles. The Kier molecular flexibility index (Phi) is 6.24. The Bertz CT molecular complexity index is 832. The SMILES string of the molecule is CCC(CC(O)CCc1ccc2cc(OC)ccc2c1)c1cccnc1. The van der Waals surface area contributed by atoms with E-state index in [4.69, 9.17) is 4.74 Å². The molecule has 0 fully saturated rings. The Labute approximate surface area is 155 Å². The predicted molar refractivity (Wildman–Crippen MR) is 107 cm³/mol. The molecule has 0 amide bonds. The summed E-state index contributed by atoms with van der Waals surface area (Å²) in [6.07, 6.45) is 6.87. The summed E-state index contributed by atoms with van der Waals surface area (Å²) >= 11 is 0. The van der Waals surface area contributed by atoms with Crippen molar-refractivity contribution in [2.24, 2.45) is 0 Å². The monoisotopic (exact) mass is 349 g/mol. The van der Waals surface area contributed by atoms with Gasteiger partial charge >= 0.3 is 0 Å². The lowest BCUT2D eigenvalue weighted by atomic mass is 9.90. The summed E-state index contributed by atoms with van der Waals surface area (Å²) in [4.78, 5) is 4.21. The topological polar surface area (TPSA) is 42.4 Å². The first-order valence-electron chi connectivity index (χ1n) is 9.34. The maximum absolute atomic E-state index is 10.5. The highest BCUT2D eigenvalue weighted by molar-refractivity contribution is 5.84. The van der Waals surface area contributed by atoms with Crippen LogP contribution in [0.2, 0.25) is 0 Å². The molecule has 2 unspecified atom stereocenters. The van der Waals surface area contributed by atoms with Gasteiger partial charge in [0.25, 0.3) is 0 Å². The van der Waals surface area contributed by atoms with E-state index in [1.165, 1.54) is 21.9 Å². The third-order valence-electron chi connectivity index (χ3n) is 5.08. The summed E-state index contributed by atoms with van der Waals surface area (Å²) in [6.45, 7) is 2.17. The average Bonchev–Trinajstić information content (AvgIpc) is 2.70. The van der Waals surface area contributed by atoms with Crippen LogP contribution in [0.25, 0.3) is 10.8 Å². The number of methoxy groups -OCH3 is 1. The minimum Gasteiger partial charge on any atom is -0.497 e. The summed E-state index contributed by atoms with van der Waals surface area (Å²) in [6, 6.07) is 16.7. The van der Waals surface area contributed by atoms with Gasteiger partial charge in [0.15, 0.2) is 0 Å². The molecule has 0 aliphatic carbocycles. The van der Waals surface area contributed by atoms with E-state index in [9.17, 15) is 5.11 Å². The smallest absolute Gasteiger partial charge is 0.119 e. The molecule has 1 N–H and O–H groups in total. The molecular formula is C23H27NO2. The molecule has 1 aromatic heterocycles. The van der Waals surface area contributed by atoms with E-state index in [1.807, 2.05) is 24.4 Å². The van der Waals surface area contributed by atoms with Gasteiger partial charge in [-0.1, -0.05) is 37.3 Å². The van der Waals surface area contributed by atoms with Crippen molar-refractivity contribution >= 4 is 10.8 Å². The lowest BCUT2D eigenvalue weighted by Crippen LogP contribution is -2.13. The number of aliphatic hydroxyl groups is 1. The first kappa shape index (κ1) is 18.4. The summed E-state index contributed by atoms with van der Waals surface area (Å²) in [5.41, 5.74) is 2.48. The first-order chi connectivity index (χ1) is 12.7. The highest BCUT2D eigenvalue weighted by Crippen LogP contribution is 2.26. The van der Waals surface area contributed by atoms with E-state index in [-0.39, 0.29) is 6.10 Å². The number of nitrogens with zero attached hydrogens (tertiary/aromatic N) is 1. The zero-order chi connectivity index (χ0) is 18.4. The van der Waals surface area contributed by atoms with Crippen molar-refractivity contribution in [1.29, 1.82) is 0 Å². The molecule has 3 heteroatoms. The number of pyridine rings is 1. The number of aromatic nitrogens is 1. The summed E-state index contributed by atoms with van der Waals surface area (Å²) in [5.74, 6) is 1.24. The number of rotatable bonds is 8. The van der Waals surface area contributed by atoms with Crippen LogP contribution in [-0.2, 0) is 6.42 Å². The van der Waals surface area contributed by atoms with Gasteiger partial charge in [-0.05, 0) is 71.7 Å². The van der Waals surface area contributed by atoms with E-state index >= 15 is 0 Å². The van der Waals surface area contributed by atoms with Gasteiger partial charge in [0.2, 0.25) is 0 Å². The summed E-state index contributed by atoms with van der Waals surface area (Å²) < 4.78 is 5.28. The molecule has 136 valence electrons. The lowest BCUT2D eigenvalue weighted by Gasteiger charge is -2.19. The van der Waals surface area contributed by atoms with Gasteiger partial charge in [0, 0.05) is 12.4 Å². The molecule has 2 aromatic carbocycles. The van der Waals surface area contributed by atoms with Crippen LogP contribution in [-0.4, -0.2) is 23.3 Å². The molecule has 1 heterocycles. The van der Waals surface area contributed by atoms with E-state index in [0.29, 0.717) is 5.92 Å². The normalized spacial score (nSPS) is 13.5. The van der Waals surface area contributed by atoms with Crippen molar-refractivity contribution in [3.63, 3.8) is 0 Å². The molecule has 3 aromatic rings. The zero-order valence-electron chi connectivity index (χ0n) is 15.6. The van der Waals surface area contributed by atoms with Crippen LogP contribution in [0.4, 0.5) is 0 Å². The highest BCUT2D eigenvalue weighted by atomic mass is 16.5. The van der Waals surface area contributed by atoms with Crippen LogP contribution in [0.3, 0.4) is 0 Å². The number of aryl methyl sites for hydroxylation is 1.